The minimum atomic E-state index is 0.409. The summed E-state index contributed by atoms with van der Waals surface area (Å²) in [6.07, 6.45) is 7.59. The Bertz CT molecular complexity index is 555. The van der Waals surface area contributed by atoms with Crippen LogP contribution < -0.4 is 5.32 Å². The van der Waals surface area contributed by atoms with Crippen LogP contribution in [0.25, 0.3) is 0 Å². The van der Waals surface area contributed by atoms with Gasteiger partial charge in [-0.3, -0.25) is 14.9 Å². The summed E-state index contributed by atoms with van der Waals surface area (Å²) in [5.41, 5.74) is 3.95. The van der Waals surface area contributed by atoms with E-state index in [2.05, 4.69) is 45.3 Å². The molecular weight excluding hydrogens is 248 g/mol. The molecule has 20 heavy (non-hydrogen) atoms. The molecule has 2 aromatic rings. The highest BCUT2D eigenvalue weighted by atomic mass is 15.2. The molecule has 1 aliphatic rings. The van der Waals surface area contributed by atoms with Crippen molar-refractivity contribution < 1.29 is 0 Å². The largest absolute Gasteiger partial charge is 0.314 e. The van der Waals surface area contributed by atoms with E-state index < -0.39 is 0 Å². The zero-order valence-electron chi connectivity index (χ0n) is 11.8. The fourth-order valence-corrected chi connectivity index (χ4v) is 2.73. The first kappa shape index (κ1) is 13.2. The molecule has 4 nitrogen and oxygen atoms in total. The van der Waals surface area contributed by atoms with E-state index in [0.717, 1.165) is 26.2 Å². The lowest BCUT2D eigenvalue weighted by molar-refractivity contribution is 0.153. The summed E-state index contributed by atoms with van der Waals surface area (Å²) >= 11 is 0. The van der Waals surface area contributed by atoms with Gasteiger partial charge >= 0.3 is 0 Å². The molecule has 104 valence electrons. The van der Waals surface area contributed by atoms with Gasteiger partial charge in [-0.25, -0.2) is 0 Å². The normalized spacial score (nSPS) is 19.9. The van der Waals surface area contributed by atoms with Crippen molar-refractivity contribution in [1.29, 1.82) is 0 Å². The second kappa shape index (κ2) is 6.11. The Balaban J connectivity index is 1.81. The third-order valence-electron chi connectivity index (χ3n) is 3.97. The predicted molar refractivity (Wildman–Crippen MR) is 79.2 cm³/mol. The summed E-state index contributed by atoms with van der Waals surface area (Å²) in [7, 11) is 0. The third-order valence-corrected chi connectivity index (χ3v) is 3.97. The molecule has 3 rings (SSSR count). The summed E-state index contributed by atoms with van der Waals surface area (Å²) in [6.45, 7) is 6.19. The molecule has 0 saturated carbocycles. The number of hydrogen-bond acceptors (Lipinski definition) is 4. The van der Waals surface area contributed by atoms with E-state index in [0.29, 0.717) is 6.04 Å². The predicted octanol–water partition coefficient (Wildman–Crippen LogP) is 1.93. The minimum Gasteiger partial charge on any atom is -0.314 e. The maximum atomic E-state index is 4.26. The standard InChI is InChI=1S/C16H20N4/c1-13-2-5-18-10-15(13)12-20-9-8-19-11-16(20)14-3-6-17-7-4-14/h2-7,10,16,19H,8-9,11-12H2,1H3. The van der Waals surface area contributed by atoms with E-state index in [1.54, 1.807) is 0 Å². The second-order valence-electron chi connectivity index (χ2n) is 5.27. The molecule has 1 saturated heterocycles. The molecule has 0 spiro atoms. The van der Waals surface area contributed by atoms with Crippen LogP contribution in [0.5, 0.6) is 0 Å². The van der Waals surface area contributed by atoms with E-state index in [1.807, 2.05) is 24.8 Å². The van der Waals surface area contributed by atoms with Crippen LogP contribution in [0, 0.1) is 6.92 Å². The molecule has 1 fully saturated rings. The number of aromatic nitrogens is 2. The van der Waals surface area contributed by atoms with Gasteiger partial charge in [-0.1, -0.05) is 0 Å². The average Bonchev–Trinajstić information content (AvgIpc) is 2.51. The van der Waals surface area contributed by atoms with Gasteiger partial charge in [0.2, 0.25) is 0 Å². The van der Waals surface area contributed by atoms with Crippen LogP contribution in [-0.4, -0.2) is 34.5 Å². The molecule has 3 heterocycles. The number of rotatable bonds is 3. The van der Waals surface area contributed by atoms with Crippen LogP contribution in [0.4, 0.5) is 0 Å². The van der Waals surface area contributed by atoms with Crippen molar-refractivity contribution in [3.05, 3.63) is 59.7 Å². The third kappa shape index (κ3) is 2.86. The van der Waals surface area contributed by atoms with Gasteiger partial charge in [0.1, 0.15) is 0 Å². The number of hydrogen-bond donors (Lipinski definition) is 1. The average molecular weight is 268 g/mol. The highest BCUT2D eigenvalue weighted by Crippen LogP contribution is 2.24. The zero-order chi connectivity index (χ0) is 13.8. The summed E-state index contributed by atoms with van der Waals surface area (Å²) in [4.78, 5) is 10.9. The molecule has 1 aliphatic heterocycles. The fourth-order valence-electron chi connectivity index (χ4n) is 2.73. The zero-order valence-corrected chi connectivity index (χ0v) is 11.8. The lowest BCUT2D eigenvalue weighted by Crippen LogP contribution is -2.45. The van der Waals surface area contributed by atoms with Crippen LogP contribution >= 0.6 is 0 Å². The molecule has 0 aliphatic carbocycles. The fraction of sp³-hybridized carbons (Fsp3) is 0.375. The van der Waals surface area contributed by atoms with Crippen molar-refractivity contribution in [3.8, 4) is 0 Å². The van der Waals surface area contributed by atoms with Crippen molar-refractivity contribution in [2.75, 3.05) is 19.6 Å². The Morgan fingerprint density at radius 2 is 2.00 bits per heavy atom. The molecule has 4 heteroatoms. The number of aryl methyl sites for hydroxylation is 1. The molecular formula is C16H20N4. The lowest BCUT2D eigenvalue weighted by atomic mass is 10.0. The highest BCUT2D eigenvalue weighted by molar-refractivity contribution is 5.23. The lowest BCUT2D eigenvalue weighted by Gasteiger charge is -2.36. The van der Waals surface area contributed by atoms with Crippen molar-refractivity contribution in [2.45, 2.75) is 19.5 Å². The monoisotopic (exact) mass is 268 g/mol. The minimum absolute atomic E-state index is 0.409. The van der Waals surface area contributed by atoms with Gasteiger partial charge in [0.25, 0.3) is 0 Å². The van der Waals surface area contributed by atoms with E-state index in [1.165, 1.54) is 16.7 Å². The Hall–Kier alpha value is -1.78. The van der Waals surface area contributed by atoms with E-state index in [9.17, 15) is 0 Å². The van der Waals surface area contributed by atoms with Crippen LogP contribution in [-0.2, 0) is 6.54 Å². The van der Waals surface area contributed by atoms with E-state index >= 15 is 0 Å². The maximum absolute atomic E-state index is 4.26. The number of nitrogens with one attached hydrogen (secondary N) is 1. The molecule has 1 N–H and O–H groups in total. The maximum Gasteiger partial charge on any atom is 0.0477 e. The first-order chi connectivity index (χ1) is 9.84. The van der Waals surface area contributed by atoms with E-state index in [4.69, 9.17) is 0 Å². The summed E-state index contributed by atoms with van der Waals surface area (Å²) in [6, 6.07) is 6.71. The Labute approximate surface area is 119 Å². The molecule has 1 unspecified atom stereocenters. The summed E-state index contributed by atoms with van der Waals surface area (Å²) in [5, 5.41) is 3.49. The number of nitrogens with zero attached hydrogens (tertiary/aromatic N) is 3. The quantitative estimate of drug-likeness (QED) is 0.923. The van der Waals surface area contributed by atoms with Gasteiger partial charge < -0.3 is 5.32 Å². The van der Waals surface area contributed by atoms with Crippen LogP contribution in [0.3, 0.4) is 0 Å². The summed E-state index contributed by atoms with van der Waals surface area (Å²) in [5.74, 6) is 0. The van der Waals surface area contributed by atoms with Gasteiger partial charge in [-0.15, -0.1) is 0 Å². The smallest absolute Gasteiger partial charge is 0.0477 e. The Kier molecular flexibility index (Phi) is 4.04. The summed E-state index contributed by atoms with van der Waals surface area (Å²) < 4.78 is 0. The van der Waals surface area contributed by atoms with Gasteiger partial charge in [0.05, 0.1) is 0 Å². The topological polar surface area (TPSA) is 41.1 Å². The van der Waals surface area contributed by atoms with Crippen molar-refractivity contribution in [3.63, 3.8) is 0 Å². The van der Waals surface area contributed by atoms with Crippen molar-refractivity contribution >= 4 is 0 Å². The van der Waals surface area contributed by atoms with Crippen molar-refractivity contribution in [2.24, 2.45) is 0 Å². The highest BCUT2D eigenvalue weighted by Gasteiger charge is 2.24. The van der Waals surface area contributed by atoms with Crippen LogP contribution in [0.15, 0.2) is 43.0 Å². The molecule has 2 aromatic heterocycles. The first-order valence-electron chi connectivity index (χ1n) is 7.09. The van der Waals surface area contributed by atoms with Crippen molar-refractivity contribution in [1.82, 2.24) is 20.2 Å². The SMILES string of the molecule is Cc1ccncc1CN1CCNCC1c1ccncc1. The Morgan fingerprint density at radius 3 is 2.80 bits per heavy atom. The number of pyridine rings is 2. The van der Waals surface area contributed by atoms with Gasteiger partial charge in [-0.2, -0.15) is 0 Å². The molecule has 1 atom stereocenters. The van der Waals surface area contributed by atoms with Gasteiger partial charge in [0.15, 0.2) is 0 Å². The first-order valence-corrected chi connectivity index (χ1v) is 7.09. The van der Waals surface area contributed by atoms with Crippen LogP contribution in [0.2, 0.25) is 0 Å². The molecule has 0 aromatic carbocycles. The van der Waals surface area contributed by atoms with Crippen LogP contribution in [0.1, 0.15) is 22.7 Å². The molecule has 0 bridgehead atoms. The molecule has 0 radical (unpaired) electrons. The molecule has 0 amide bonds. The number of piperazine rings is 1. The Morgan fingerprint density at radius 1 is 1.20 bits per heavy atom. The van der Waals surface area contributed by atoms with Gasteiger partial charge in [0, 0.05) is 57.0 Å². The van der Waals surface area contributed by atoms with E-state index in [-0.39, 0.29) is 0 Å². The van der Waals surface area contributed by atoms with Gasteiger partial charge in [-0.05, 0) is 41.8 Å². The second-order valence-corrected chi connectivity index (χ2v) is 5.27.